The van der Waals surface area contributed by atoms with Crippen LogP contribution in [-0.2, 0) is 13.1 Å². The summed E-state index contributed by atoms with van der Waals surface area (Å²) in [6.45, 7) is 2.21. The van der Waals surface area contributed by atoms with E-state index in [9.17, 15) is 0 Å². The third-order valence-electron chi connectivity index (χ3n) is 2.74. The molecule has 2 aromatic rings. The van der Waals surface area contributed by atoms with Crippen molar-refractivity contribution in [2.75, 3.05) is 23.8 Å². The second-order valence-electron chi connectivity index (χ2n) is 3.84. The van der Waals surface area contributed by atoms with Gasteiger partial charge in [0, 0.05) is 20.1 Å². The van der Waals surface area contributed by atoms with Crippen molar-refractivity contribution in [3.8, 4) is 0 Å². The zero-order chi connectivity index (χ0) is 12.5. The highest BCUT2D eigenvalue weighted by atomic mass is 35.5. The van der Waals surface area contributed by atoms with E-state index in [1.165, 1.54) is 0 Å². The van der Waals surface area contributed by atoms with E-state index < -0.39 is 0 Å². The quantitative estimate of drug-likeness (QED) is 0.830. The summed E-state index contributed by atoms with van der Waals surface area (Å²) < 4.78 is 2.01. The highest BCUT2D eigenvalue weighted by molar-refractivity contribution is 6.28. The second-order valence-corrected chi connectivity index (χ2v) is 4.18. The Morgan fingerprint density at radius 3 is 3.00 bits per heavy atom. The van der Waals surface area contributed by atoms with Crippen LogP contribution in [-0.4, -0.2) is 43.3 Å². The van der Waals surface area contributed by atoms with Crippen LogP contribution >= 0.6 is 11.6 Å². The predicted octanol–water partition coefficient (Wildman–Crippen LogP) is 0.178. The van der Waals surface area contributed by atoms with Gasteiger partial charge in [-0.15, -0.1) is 10.2 Å². The lowest BCUT2D eigenvalue weighted by Crippen LogP contribution is -2.35. The molecular formula is C9H11ClN8. The van der Waals surface area contributed by atoms with Crippen molar-refractivity contribution >= 4 is 23.5 Å². The maximum Gasteiger partial charge on any atom is 0.231 e. The van der Waals surface area contributed by atoms with Gasteiger partial charge in [0.2, 0.25) is 17.2 Å². The van der Waals surface area contributed by atoms with Gasteiger partial charge in [-0.3, -0.25) is 0 Å². The van der Waals surface area contributed by atoms with E-state index in [2.05, 4.69) is 30.5 Å². The Balaban J connectivity index is 1.90. The van der Waals surface area contributed by atoms with Crippen molar-refractivity contribution < 1.29 is 0 Å². The average molecular weight is 267 g/mol. The number of rotatable bonds is 2. The zero-order valence-electron chi connectivity index (χ0n) is 9.71. The van der Waals surface area contributed by atoms with Gasteiger partial charge in [0.25, 0.3) is 0 Å². The number of nitrogens with zero attached hydrogens (tertiary/aromatic N) is 7. The van der Waals surface area contributed by atoms with Gasteiger partial charge in [0.15, 0.2) is 5.82 Å². The molecule has 3 rings (SSSR count). The first-order valence-electron chi connectivity index (χ1n) is 5.47. The molecule has 0 spiro atoms. The summed E-state index contributed by atoms with van der Waals surface area (Å²) in [6.07, 6.45) is 1.73. The highest BCUT2D eigenvalue weighted by Gasteiger charge is 2.20. The molecule has 94 valence electrons. The van der Waals surface area contributed by atoms with Crippen molar-refractivity contribution in [3.05, 3.63) is 17.4 Å². The van der Waals surface area contributed by atoms with E-state index in [0.29, 0.717) is 18.4 Å². The van der Waals surface area contributed by atoms with Crippen LogP contribution in [0.25, 0.3) is 0 Å². The summed E-state index contributed by atoms with van der Waals surface area (Å²) in [4.78, 5) is 14.4. The second kappa shape index (κ2) is 4.37. The Bertz CT molecular complexity index is 567. The Morgan fingerprint density at radius 1 is 1.28 bits per heavy atom. The SMILES string of the molecule is CNc1nc(Cl)nc(N2CCn3cnnc3C2)n1. The largest absolute Gasteiger partial charge is 0.357 e. The lowest BCUT2D eigenvalue weighted by Gasteiger charge is -2.26. The topological polar surface area (TPSA) is 84.7 Å². The smallest absolute Gasteiger partial charge is 0.231 e. The third-order valence-corrected chi connectivity index (χ3v) is 2.91. The first-order valence-corrected chi connectivity index (χ1v) is 5.85. The van der Waals surface area contributed by atoms with Crippen molar-refractivity contribution in [2.24, 2.45) is 0 Å². The fourth-order valence-electron chi connectivity index (χ4n) is 1.83. The number of aromatic nitrogens is 6. The Labute approximate surface area is 108 Å². The molecule has 1 aliphatic rings. The van der Waals surface area contributed by atoms with E-state index in [1.807, 2.05) is 9.47 Å². The monoisotopic (exact) mass is 266 g/mol. The summed E-state index contributed by atoms with van der Waals surface area (Å²) in [5.41, 5.74) is 0. The molecule has 0 saturated heterocycles. The van der Waals surface area contributed by atoms with Crippen LogP contribution in [0.3, 0.4) is 0 Å². The Morgan fingerprint density at radius 2 is 2.17 bits per heavy atom. The van der Waals surface area contributed by atoms with Crippen LogP contribution in [0.4, 0.5) is 11.9 Å². The number of fused-ring (bicyclic) bond motifs is 1. The van der Waals surface area contributed by atoms with Gasteiger partial charge in [0.1, 0.15) is 6.33 Å². The van der Waals surface area contributed by atoms with Crippen molar-refractivity contribution in [1.29, 1.82) is 0 Å². The normalized spacial score (nSPS) is 14.4. The molecule has 0 bridgehead atoms. The third kappa shape index (κ3) is 1.94. The maximum atomic E-state index is 5.87. The molecule has 0 aromatic carbocycles. The Kier molecular flexibility index (Phi) is 2.71. The molecule has 9 heteroatoms. The first-order chi connectivity index (χ1) is 8.76. The zero-order valence-corrected chi connectivity index (χ0v) is 10.5. The fraction of sp³-hybridized carbons (Fsp3) is 0.444. The van der Waals surface area contributed by atoms with Gasteiger partial charge in [0.05, 0.1) is 6.54 Å². The average Bonchev–Trinajstić information content (AvgIpc) is 2.85. The van der Waals surface area contributed by atoms with Crippen LogP contribution in [0.5, 0.6) is 0 Å². The highest BCUT2D eigenvalue weighted by Crippen LogP contribution is 2.18. The Hall–Kier alpha value is -1.96. The summed E-state index contributed by atoms with van der Waals surface area (Å²) in [7, 11) is 1.74. The molecule has 1 aliphatic heterocycles. The standard InChI is InChI=1S/C9H11ClN8/c1-11-8-13-7(10)14-9(15-8)17-2-3-18-5-12-16-6(18)4-17/h5H,2-4H2,1H3,(H,11,13,14,15). The molecule has 0 atom stereocenters. The van der Waals surface area contributed by atoms with Crippen molar-refractivity contribution in [3.63, 3.8) is 0 Å². The maximum absolute atomic E-state index is 5.87. The minimum Gasteiger partial charge on any atom is -0.357 e. The summed E-state index contributed by atoms with van der Waals surface area (Å²) >= 11 is 5.87. The van der Waals surface area contributed by atoms with Crippen LogP contribution < -0.4 is 10.2 Å². The van der Waals surface area contributed by atoms with Gasteiger partial charge in [-0.1, -0.05) is 0 Å². The van der Waals surface area contributed by atoms with E-state index in [-0.39, 0.29) is 5.28 Å². The number of nitrogens with one attached hydrogen (secondary N) is 1. The summed E-state index contributed by atoms with van der Waals surface area (Å²) in [5.74, 6) is 1.90. The first kappa shape index (κ1) is 11.1. The van der Waals surface area contributed by atoms with Crippen molar-refractivity contribution in [1.82, 2.24) is 29.7 Å². The molecule has 0 fully saturated rings. The van der Waals surface area contributed by atoms with Gasteiger partial charge >= 0.3 is 0 Å². The molecule has 18 heavy (non-hydrogen) atoms. The van der Waals surface area contributed by atoms with E-state index in [0.717, 1.165) is 18.9 Å². The molecule has 3 heterocycles. The predicted molar refractivity (Wildman–Crippen MR) is 65.5 cm³/mol. The number of hydrogen-bond acceptors (Lipinski definition) is 7. The minimum atomic E-state index is 0.177. The molecule has 2 aromatic heterocycles. The van der Waals surface area contributed by atoms with Crippen LogP contribution in [0, 0.1) is 0 Å². The summed E-state index contributed by atoms with van der Waals surface area (Å²) in [6, 6.07) is 0. The molecule has 0 aliphatic carbocycles. The molecule has 0 amide bonds. The molecule has 0 unspecified atom stereocenters. The molecule has 0 saturated carbocycles. The minimum absolute atomic E-state index is 0.177. The van der Waals surface area contributed by atoms with Gasteiger partial charge in [-0.2, -0.15) is 15.0 Å². The van der Waals surface area contributed by atoms with Crippen LogP contribution in [0.1, 0.15) is 5.82 Å². The number of hydrogen-bond donors (Lipinski definition) is 1. The van der Waals surface area contributed by atoms with Crippen LogP contribution in [0.2, 0.25) is 5.28 Å². The summed E-state index contributed by atoms with van der Waals surface area (Å²) in [5, 5.41) is 11.0. The van der Waals surface area contributed by atoms with E-state index in [1.54, 1.807) is 13.4 Å². The van der Waals surface area contributed by atoms with Crippen LogP contribution in [0.15, 0.2) is 6.33 Å². The van der Waals surface area contributed by atoms with Gasteiger partial charge in [-0.05, 0) is 11.6 Å². The lowest BCUT2D eigenvalue weighted by atomic mass is 10.4. The molecular weight excluding hydrogens is 256 g/mol. The van der Waals surface area contributed by atoms with Gasteiger partial charge in [-0.25, -0.2) is 0 Å². The number of anilines is 2. The van der Waals surface area contributed by atoms with E-state index in [4.69, 9.17) is 11.6 Å². The van der Waals surface area contributed by atoms with Crippen molar-refractivity contribution in [2.45, 2.75) is 13.1 Å². The van der Waals surface area contributed by atoms with Gasteiger partial charge < -0.3 is 14.8 Å². The molecule has 8 nitrogen and oxygen atoms in total. The molecule has 0 radical (unpaired) electrons. The van der Waals surface area contributed by atoms with E-state index >= 15 is 0 Å². The fourth-order valence-corrected chi connectivity index (χ4v) is 1.99. The lowest BCUT2D eigenvalue weighted by molar-refractivity contribution is 0.551. The molecule has 1 N–H and O–H groups in total. The number of halogens is 1.